The van der Waals surface area contributed by atoms with Gasteiger partial charge in [0.15, 0.2) is 11.0 Å². The van der Waals surface area contributed by atoms with Crippen LogP contribution in [0.5, 0.6) is 0 Å². The Morgan fingerprint density at radius 2 is 2.22 bits per heavy atom. The van der Waals surface area contributed by atoms with Crippen molar-refractivity contribution in [3.05, 3.63) is 24.8 Å². The highest BCUT2D eigenvalue weighted by Crippen LogP contribution is 2.25. The van der Waals surface area contributed by atoms with Crippen LogP contribution in [-0.2, 0) is 14.3 Å². The summed E-state index contributed by atoms with van der Waals surface area (Å²) in [4.78, 5) is 24.7. The van der Waals surface area contributed by atoms with Gasteiger partial charge in [0, 0.05) is 13.1 Å². The van der Waals surface area contributed by atoms with Gasteiger partial charge >= 0.3 is 5.97 Å². The molecule has 0 radical (unpaired) electrons. The number of hydrogen-bond donors (Lipinski definition) is 0. The Morgan fingerprint density at radius 3 is 2.67 bits per heavy atom. The molecule has 5 nitrogen and oxygen atoms in total. The number of ether oxygens (including phenoxy) is 1. The van der Waals surface area contributed by atoms with E-state index in [1.807, 2.05) is 6.26 Å². The number of carbonyl (C=O) groups is 2. The number of anilines is 1. The summed E-state index contributed by atoms with van der Waals surface area (Å²) in [5.41, 5.74) is 0. The van der Waals surface area contributed by atoms with Crippen molar-refractivity contribution in [1.82, 2.24) is 0 Å². The zero-order chi connectivity index (χ0) is 13.7. The number of hydrogen-bond acceptors (Lipinski definition) is 5. The third kappa shape index (κ3) is 2.95. The lowest BCUT2D eigenvalue weighted by atomic mass is 10.1. The highest BCUT2D eigenvalue weighted by Gasteiger charge is 2.29. The average Bonchev–Trinajstić information content (AvgIpc) is 2.86. The van der Waals surface area contributed by atoms with Gasteiger partial charge in [0.2, 0.25) is 11.8 Å². The van der Waals surface area contributed by atoms with E-state index in [9.17, 15) is 9.59 Å². The van der Waals surface area contributed by atoms with Gasteiger partial charge in [-0.15, -0.1) is 6.58 Å². The van der Waals surface area contributed by atoms with Crippen molar-refractivity contribution in [3.8, 4) is 0 Å². The smallest absolute Gasteiger partial charge is 0.322 e. The summed E-state index contributed by atoms with van der Waals surface area (Å²) in [6.45, 7) is 3.47. The van der Waals surface area contributed by atoms with Gasteiger partial charge in [-0.1, -0.05) is 17.8 Å². The minimum absolute atomic E-state index is 0.375. The fourth-order valence-corrected chi connectivity index (χ4v) is 1.72. The molecule has 18 heavy (non-hydrogen) atoms. The fraction of sp³-hybridized carbons (Fsp3) is 0.333. The van der Waals surface area contributed by atoms with Crippen molar-refractivity contribution in [1.29, 1.82) is 0 Å². The molecule has 1 heterocycles. The molecule has 6 heteroatoms. The molecule has 0 aliphatic heterocycles. The number of methoxy groups -OCH3 is 1. The van der Waals surface area contributed by atoms with Crippen LogP contribution < -0.4 is 4.90 Å². The van der Waals surface area contributed by atoms with Crippen LogP contribution in [0.25, 0.3) is 0 Å². The van der Waals surface area contributed by atoms with Crippen LogP contribution in [0.4, 0.5) is 5.88 Å². The molecule has 98 valence electrons. The largest absolute Gasteiger partial charge is 0.468 e. The summed E-state index contributed by atoms with van der Waals surface area (Å²) >= 11 is 1.43. The number of furan rings is 1. The van der Waals surface area contributed by atoms with Crippen LogP contribution in [-0.4, -0.2) is 32.3 Å². The summed E-state index contributed by atoms with van der Waals surface area (Å²) in [5, 5.41) is 0.692. The first kappa shape index (κ1) is 14.4. The van der Waals surface area contributed by atoms with Crippen LogP contribution in [0.3, 0.4) is 0 Å². The van der Waals surface area contributed by atoms with Crippen molar-refractivity contribution < 1.29 is 18.7 Å². The van der Waals surface area contributed by atoms with E-state index in [2.05, 4.69) is 11.3 Å². The number of nitrogens with zero attached hydrogens (tertiary/aromatic N) is 1. The molecule has 0 spiro atoms. The second-order valence-electron chi connectivity index (χ2n) is 3.43. The van der Waals surface area contributed by atoms with Crippen molar-refractivity contribution >= 4 is 29.5 Å². The first-order valence-corrected chi connectivity index (χ1v) is 6.39. The normalized spacial score (nSPS) is 11.7. The van der Waals surface area contributed by atoms with E-state index in [4.69, 9.17) is 4.42 Å². The fourth-order valence-electron chi connectivity index (χ4n) is 1.34. The van der Waals surface area contributed by atoms with Crippen molar-refractivity contribution in [2.24, 2.45) is 5.92 Å². The van der Waals surface area contributed by atoms with E-state index in [0.29, 0.717) is 11.0 Å². The van der Waals surface area contributed by atoms with Gasteiger partial charge in [-0.25, -0.2) is 0 Å². The molecular formula is C12H15NO4S. The molecule has 1 rings (SSSR count). The minimum atomic E-state index is -1.03. The Hall–Kier alpha value is -1.69. The molecule has 0 bridgehead atoms. The van der Waals surface area contributed by atoms with Gasteiger partial charge in [-0.05, 0) is 12.3 Å². The number of rotatable bonds is 5. The second kappa shape index (κ2) is 6.30. The Bertz CT molecular complexity index is 455. The Morgan fingerprint density at radius 1 is 1.56 bits per heavy atom. The number of carbonyl (C=O) groups excluding carboxylic acids is 2. The molecular weight excluding hydrogens is 254 g/mol. The Balaban J connectivity index is 2.88. The molecule has 1 amide bonds. The van der Waals surface area contributed by atoms with Gasteiger partial charge < -0.3 is 9.15 Å². The van der Waals surface area contributed by atoms with E-state index in [-0.39, 0.29) is 0 Å². The third-order valence-corrected chi connectivity index (χ3v) is 3.01. The molecule has 1 atom stereocenters. The van der Waals surface area contributed by atoms with E-state index in [0.717, 1.165) is 0 Å². The lowest BCUT2D eigenvalue weighted by molar-refractivity contribution is -0.147. The van der Waals surface area contributed by atoms with E-state index >= 15 is 0 Å². The Kier molecular flexibility index (Phi) is 5.03. The molecule has 0 aromatic carbocycles. The predicted molar refractivity (Wildman–Crippen MR) is 69.6 cm³/mol. The number of thioether (sulfide) groups is 1. The third-order valence-electron chi connectivity index (χ3n) is 2.39. The summed E-state index contributed by atoms with van der Waals surface area (Å²) in [6.07, 6.45) is 3.12. The van der Waals surface area contributed by atoms with Gasteiger partial charge in [0.05, 0.1) is 7.11 Å². The molecule has 0 saturated carbocycles. The minimum Gasteiger partial charge on any atom is -0.468 e. The van der Waals surface area contributed by atoms with Crippen LogP contribution in [0.2, 0.25) is 0 Å². The van der Waals surface area contributed by atoms with Crippen molar-refractivity contribution in [3.63, 3.8) is 0 Å². The average molecular weight is 269 g/mol. The first-order chi connectivity index (χ1) is 8.54. The second-order valence-corrected chi connectivity index (χ2v) is 4.24. The zero-order valence-corrected chi connectivity index (χ0v) is 11.3. The van der Waals surface area contributed by atoms with Gasteiger partial charge in [0.25, 0.3) is 0 Å². The molecule has 0 aliphatic rings. The monoisotopic (exact) mass is 269 g/mol. The van der Waals surface area contributed by atoms with Gasteiger partial charge in [-0.3, -0.25) is 14.5 Å². The molecule has 1 unspecified atom stereocenters. The SMILES string of the molecule is C=CC(C(=O)OC)C(=O)N(C)c1ccc(SC)o1. The van der Waals surface area contributed by atoms with E-state index in [1.54, 1.807) is 12.1 Å². The number of amides is 1. The zero-order valence-electron chi connectivity index (χ0n) is 10.5. The lowest BCUT2D eigenvalue weighted by Gasteiger charge is -2.17. The quantitative estimate of drug-likeness (QED) is 0.354. The highest BCUT2D eigenvalue weighted by molar-refractivity contribution is 7.98. The maximum Gasteiger partial charge on any atom is 0.322 e. The van der Waals surface area contributed by atoms with Crippen LogP contribution in [0.1, 0.15) is 0 Å². The summed E-state index contributed by atoms with van der Waals surface area (Å²) < 4.78 is 9.95. The maximum atomic E-state index is 12.1. The lowest BCUT2D eigenvalue weighted by Crippen LogP contribution is -2.36. The van der Waals surface area contributed by atoms with Gasteiger partial charge in [0.1, 0.15) is 0 Å². The molecule has 0 saturated heterocycles. The summed E-state index contributed by atoms with van der Waals surface area (Å²) in [7, 11) is 2.76. The maximum absolute atomic E-state index is 12.1. The van der Waals surface area contributed by atoms with Crippen LogP contribution in [0.15, 0.2) is 34.3 Å². The van der Waals surface area contributed by atoms with E-state index < -0.39 is 17.8 Å². The predicted octanol–water partition coefficient (Wildman–Crippen LogP) is 1.94. The van der Waals surface area contributed by atoms with Gasteiger partial charge in [-0.2, -0.15) is 0 Å². The van der Waals surface area contributed by atoms with Crippen molar-refractivity contribution in [2.75, 3.05) is 25.3 Å². The van der Waals surface area contributed by atoms with Crippen molar-refractivity contribution in [2.45, 2.75) is 5.09 Å². The highest BCUT2D eigenvalue weighted by atomic mass is 32.2. The summed E-state index contributed by atoms with van der Waals surface area (Å²) in [5.74, 6) is -1.74. The topological polar surface area (TPSA) is 59.8 Å². The molecule has 1 aromatic rings. The first-order valence-electron chi connectivity index (χ1n) is 5.17. The number of esters is 1. The molecule has 0 N–H and O–H groups in total. The molecule has 0 fully saturated rings. The standard InChI is InChI=1S/C12H15NO4S/c1-5-8(12(15)16-3)11(14)13(2)9-6-7-10(17-9)18-4/h5-8H,1H2,2-4H3. The Labute approximate surface area is 110 Å². The molecule has 1 aromatic heterocycles. The van der Waals surface area contributed by atoms with E-state index in [1.165, 1.54) is 36.9 Å². The van der Waals surface area contributed by atoms with Crippen LogP contribution in [0, 0.1) is 5.92 Å². The van der Waals surface area contributed by atoms with Crippen LogP contribution >= 0.6 is 11.8 Å². The summed E-state index contributed by atoms with van der Waals surface area (Å²) in [6, 6.07) is 3.42. The molecule has 0 aliphatic carbocycles.